The van der Waals surface area contributed by atoms with Crippen molar-refractivity contribution in [1.82, 2.24) is 9.88 Å². The number of rotatable bonds is 6. The van der Waals surface area contributed by atoms with Gasteiger partial charge in [-0.25, -0.2) is 0 Å². The monoisotopic (exact) mass is 400 g/mol. The molecule has 1 heterocycles. The van der Waals surface area contributed by atoms with Crippen LogP contribution in [0.2, 0.25) is 5.02 Å². The molecule has 0 radical (unpaired) electrons. The van der Waals surface area contributed by atoms with Crippen LogP contribution in [0.1, 0.15) is 37.4 Å². The Morgan fingerprint density at radius 3 is 2.41 bits per heavy atom. The Labute approximate surface area is 160 Å². The van der Waals surface area contributed by atoms with E-state index < -0.39 is 34.8 Å². The second kappa shape index (κ2) is 8.61. The maximum atomic E-state index is 12.9. The van der Waals surface area contributed by atoms with Crippen molar-refractivity contribution in [3.8, 4) is 0 Å². The number of amides is 1. The number of halogens is 4. The summed E-state index contributed by atoms with van der Waals surface area (Å²) in [5.74, 6) is -0.289. The van der Waals surface area contributed by atoms with Crippen LogP contribution in [0.3, 0.4) is 0 Å². The summed E-state index contributed by atoms with van der Waals surface area (Å²) >= 11 is 5.61. The van der Waals surface area contributed by atoms with Gasteiger partial charge in [0, 0.05) is 6.20 Å². The van der Waals surface area contributed by atoms with Crippen LogP contribution in [-0.4, -0.2) is 10.5 Å². The summed E-state index contributed by atoms with van der Waals surface area (Å²) in [6.45, 7) is 3.45. The van der Waals surface area contributed by atoms with Crippen LogP contribution >= 0.6 is 11.6 Å². The SMILES string of the molecule is CC(C)CC(NC(=O)Cn1cc(C(F)(F)F)cc(Cl)c1=O)c1ccccc1. The molecule has 1 unspecified atom stereocenters. The van der Waals surface area contributed by atoms with E-state index in [1.54, 1.807) is 0 Å². The fraction of sp³-hybridized carbons (Fsp3) is 0.368. The van der Waals surface area contributed by atoms with Gasteiger partial charge in [0.2, 0.25) is 5.91 Å². The number of aromatic nitrogens is 1. The summed E-state index contributed by atoms with van der Waals surface area (Å²) in [7, 11) is 0. The predicted molar refractivity (Wildman–Crippen MR) is 97.5 cm³/mol. The lowest BCUT2D eigenvalue weighted by molar-refractivity contribution is -0.138. The molecule has 27 heavy (non-hydrogen) atoms. The summed E-state index contributed by atoms with van der Waals surface area (Å²) in [5.41, 5.74) is -1.05. The third-order valence-corrected chi connectivity index (χ3v) is 4.20. The molecule has 1 aromatic carbocycles. The average molecular weight is 401 g/mol. The molecule has 0 aliphatic heterocycles. The van der Waals surface area contributed by atoms with E-state index in [1.807, 2.05) is 44.2 Å². The number of carbonyl (C=O) groups is 1. The van der Waals surface area contributed by atoms with Crippen molar-refractivity contribution in [2.24, 2.45) is 5.92 Å². The second-order valence-corrected chi connectivity index (χ2v) is 7.08. The van der Waals surface area contributed by atoms with Crippen molar-refractivity contribution >= 4 is 17.5 Å². The van der Waals surface area contributed by atoms with Gasteiger partial charge >= 0.3 is 6.18 Å². The minimum Gasteiger partial charge on any atom is -0.348 e. The van der Waals surface area contributed by atoms with Gasteiger partial charge in [0.25, 0.3) is 5.56 Å². The van der Waals surface area contributed by atoms with Crippen LogP contribution < -0.4 is 10.9 Å². The van der Waals surface area contributed by atoms with E-state index in [4.69, 9.17) is 11.6 Å². The molecule has 1 N–H and O–H groups in total. The van der Waals surface area contributed by atoms with Gasteiger partial charge in [-0.15, -0.1) is 0 Å². The first-order valence-electron chi connectivity index (χ1n) is 8.39. The topological polar surface area (TPSA) is 51.1 Å². The minimum atomic E-state index is -4.67. The molecular weight excluding hydrogens is 381 g/mol. The number of nitrogens with one attached hydrogen (secondary N) is 1. The first-order chi connectivity index (χ1) is 12.6. The van der Waals surface area contributed by atoms with Crippen LogP contribution in [0.25, 0.3) is 0 Å². The number of hydrogen-bond donors (Lipinski definition) is 1. The van der Waals surface area contributed by atoms with Crippen molar-refractivity contribution < 1.29 is 18.0 Å². The maximum absolute atomic E-state index is 12.9. The molecule has 0 aliphatic carbocycles. The molecule has 146 valence electrons. The molecule has 0 saturated heterocycles. The normalized spacial score (nSPS) is 12.9. The van der Waals surface area contributed by atoms with Crippen molar-refractivity contribution in [1.29, 1.82) is 0 Å². The molecule has 0 bridgehead atoms. The summed E-state index contributed by atoms with van der Waals surface area (Å²) in [4.78, 5) is 24.4. The first kappa shape index (κ1) is 21.0. The van der Waals surface area contributed by atoms with Gasteiger partial charge < -0.3 is 9.88 Å². The van der Waals surface area contributed by atoms with E-state index >= 15 is 0 Å². The van der Waals surface area contributed by atoms with E-state index in [1.165, 1.54) is 0 Å². The van der Waals surface area contributed by atoms with E-state index in [2.05, 4.69) is 5.32 Å². The Balaban J connectivity index is 2.23. The minimum absolute atomic E-state index is 0.279. The Bertz CT molecular complexity index is 848. The number of pyridine rings is 1. The molecule has 1 amide bonds. The molecule has 8 heteroatoms. The Kier molecular flexibility index (Phi) is 6.70. The lowest BCUT2D eigenvalue weighted by Gasteiger charge is -2.21. The zero-order chi connectivity index (χ0) is 20.2. The van der Waals surface area contributed by atoms with Crippen LogP contribution in [0.5, 0.6) is 0 Å². The Hall–Kier alpha value is -2.28. The summed E-state index contributed by atoms with van der Waals surface area (Å²) in [5, 5.41) is 2.21. The van der Waals surface area contributed by atoms with Gasteiger partial charge in [-0.2, -0.15) is 13.2 Å². The van der Waals surface area contributed by atoms with Gasteiger partial charge in [0.15, 0.2) is 0 Å². The van der Waals surface area contributed by atoms with Crippen molar-refractivity contribution in [3.63, 3.8) is 0 Å². The smallest absolute Gasteiger partial charge is 0.348 e. The standard InChI is InChI=1S/C19H20ClF3N2O2/c1-12(2)8-16(13-6-4-3-5-7-13)24-17(26)11-25-10-14(19(21,22)23)9-15(20)18(25)27/h3-7,9-10,12,16H,8,11H2,1-2H3,(H,24,26). The molecule has 2 aromatic rings. The molecule has 0 saturated carbocycles. The number of benzene rings is 1. The highest BCUT2D eigenvalue weighted by Crippen LogP contribution is 2.29. The number of nitrogens with zero attached hydrogens (tertiary/aromatic N) is 1. The first-order valence-corrected chi connectivity index (χ1v) is 8.77. The van der Waals surface area contributed by atoms with Crippen molar-refractivity contribution in [3.05, 3.63) is 69.1 Å². The fourth-order valence-electron chi connectivity index (χ4n) is 2.70. The molecule has 0 fully saturated rings. The van der Waals surface area contributed by atoms with Crippen LogP contribution in [0.15, 0.2) is 47.4 Å². The highest BCUT2D eigenvalue weighted by atomic mass is 35.5. The number of carbonyl (C=O) groups excluding carboxylic acids is 1. The van der Waals surface area contributed by atoms with Gasteiger partial charge in [-0.05, 0) is 24.0 Å². The lowest BCUT2D eigenvalue weighted by Crippen LogP contribution is -2.35. The van der Waals surface area contributed by atoms with E-state index in [0.717, 1.165) is 5.56 Å². The second-order valence-electron chi connectivity index (χ2n) is 6.67. The van der Waals surface area contributed by atoms with Crippen molar-refractivity contribution in [2.75, 3.05) is 0 Å². The number of hydrogen-bond acceptors (Lipinski definition) is 2. The third kappa shape index (κ3) is 5.85. The molecule has 0 spiro atoms. The molecule has 0 aliphatic rings. The maximum Gasteiger partial charge on any atom is 0.417 e. The summed E-state index contributed by atoms with van der Waals surface area (Å²) < 4.78 is 39.4. The Morgan fingerprint density at radius 2 is 1.85 bits per heavy atom. The molecular formula is C19H20ClF3N2O2. The van der Waals surface area contributed by atoms with Gasteiger partial charge in [0.1, 0.15) is 11.6 Å². The van der Waals surface area contributed by atoms with E-state index in [9.17, 15) is 22.8 Å². The van der Waals surface area contributed by atoms with E-state index in [-0.39, 0.29) is 12.0 Å². The molecule has 2 rings (SSSR count). The van der Waals surface area contributed by atoms with Gasteiger partial charge in [0.05, 0.1) is 11.6 Å². The van der Waals surface area contributed by atoms with Crippen LogP contribution in [0, 0.1) is 5.92 Å². The average Bonchev–Trinajstić information content (AvgIpc) is 2.57. The van der Waals surface area contributed by atoms with Crippen molar-refractivity contribution in [2.45, 2.75) is 39.0 Å². The third-order valence-electron chi connectivity index (χ3n) is 3.93. The number of alkyl halides is 3. The zero-order valence-corrected chi connectivity index (χ0v) is 15.6. The van der Waals surface area contributed by atoms with Gasteiger partial charge in [-0.1, -0.05) is 55.8 Å². The molecule has 1 aromatic heterocycles. The van der Waals surface area contributed by atoms with Crippen LogP contribution in [-0.2, 0) is 17.5 Å². The Morgan fingerprint density at radius 1 is 1.22 bits per heavy atom. The van der Waals surface area contributed by atoms with Gasteiger partial charge in [-0.3, -0.25) is 9.59 Å². The highest BCUT2D eigenvalue weighted by Gasteiger charge is 2.32. The highest BCUT2D eigenvalue weighted by molar-refractivity contribution is 6.30. The fourth-order valence-corrected chi connectivity index (χ4v) is 2.93. The zero-order valence-electron chi connectivity index (χ0n) is 14.9. The summed E-state index contributed by atoms with van der Waals surface area (Å²) in [6.07, 6.45) is -3.42. The van der Waals surface area contributed by atoms with E-state index in [0.29, 0.717) is 23.3 Å². The predicted octanol–water partition coefficient (Wildman–Crippen LogP) is 4.42. The van der Waals surface area contributed by atoms with Crippen LogP contribution in [0.4, 0.5) is 13.2 Å². The quantitative estimate of drug-likeness (QED) is 0.780. The summed E-state index contributed by atoms with van der Waals surface area (Å²) in [6, 6.07) is 9.50. The molecule has 4 nitrogen and oxygen atoms in total. The largest absolute Gasteiger partial charge is 0.417 e. The molecule has 1 atom stereocenters. The lowest BCUT2D eigenvalue weighted by atomic mass is 9.97.